The quantitative estimate of drug-likeness (QED) is 0.822. The Balaban J connectivity index is 2.09. The summed E-state index contributed by atoms with van der Waals surface area (Å²) in [6.07, 6.45) is 2.81. The van der Waals surface area contributed by atoms with Gasteiger partial charge in [0.15, 0.2) is 0 Å². The number of nitrogens with zero attached hydrogens (tertiary/aromatic N) is 2. The normalized spacial score (nSPS) is 11.9. The van der Waals surface area contributed by atoms with Crippen molar-refractivity contribution in [3.05, 3.63) is 47.8 Å². The molecule has 0 aliphatic heterocycles. The topological polar surface area (TPSA) is 84.2 Å². The molecule has 1 unspecified atom stereocenters. The van der Waals surface area contributed by atoms with Crippen LogP contribution in [-0.2, 0) is 4.79 Å². The average Bonchev–Trinajstić information content (AvgIpc) is 2.93. The lowest BCUT2D eigenvalue weighted by molar-refractivity contribution is -0.141. The van der Waals surface area contributed by atoms with Gasteiger partial charge in [-0.05, 0) is 25.5 Å². The molecule has 1 amide bonds. The first kappa shape index (κ1) is 16.7. The van der Waals surface area contributed by atoms with Crippen molar-refractivity contribution in [1.82, 2.24) is 15.1 Å². The Morgan fingerprint density at radius 2 is 2.00 bits per heavy atom. The maximum Gasteiger partial charge on any atom is 0.308 e. The number of rotatable bonds is 7. The zero-order valence-electron chi connectivity index (χ0n) is 13.3. The van der Waals surface area contributed by atoms with E-state index in [1.54, 1.807) is 4.68 Å². The minimum absolute atomic E-state index is 0.123. The molecule has 0 saturated carbocycles. The zero-order valence-corrected chi connectivity index (χ0v) is 13.3. The van der Waals surface area contributed by atoms with E-state index in [0.29, 0.717) is 12.0 Å². The number of carbonyl (C=O) groups excluding carboxylic acids is 1. The summed E-state index contributed by atoms with van der Waals surface area (Å²) in [6.45, 7) is 3.86. The van der Waals surface area contributed by atoms with Gasteiger partial charge in [0.05, 0.1) is 29.1 Å². The monoisotopic (exact) mass is 315 g/mol. The van der Waals surface area contributed by atoms with Gasteiger partial charge in [-0.15, -0.1) is 0 Å². The summed E-state index contributed by atoms with van der Waals surface area (Å²) in [5.74, 6) is -1.75. The molecule has 0 radical (unpaired) electrons. The van der Waals surface area contributed by atoms with Crippen LogP contribution in [0.25, 0.3) is 5.69 Å². The van der Waals surface area contributed by atoms with Crippen molar-refractivity contribution in [2.45, 2.75) is 26.7 Å². The molecule has 1 atom stereocenters. The molecule has 6 heteroatoms. The number of hydrogen-bond acceptors (Lipinski definition) is 3. The number of carbonyl (C=O) groups is 2. The largest absolute Gasteiger partial charge is 0.481 e. The minimum Gasteiger partial charge on any atom is -0.481 e. The molecule has 0 aliphatic carbocycles. The summed E-state index contributed by atoms with van der Waals surface area (Å²) in [4.78, 5) is 23.4. The van der Waals surface area contributed by atoms with Gasteiger partial charge in [0.2, 0.25) is 0 Å². The maximum absolute atomic E-state index is 12.3. The first-order chi connectivity index (χ1) is 11.0. The van der Waals surface area contributed by atoms with Crippen molar-refractivity contribution in [3.63, 3.8) is 0 Å². The van der Waals surface area contributed by atoms with Crippen LogP contribution in [0.1, 0.15) is 35.8 Å². The molecule has 2 rings (SSSR count). The summed E-state index contributed by atoms with van der Waals surface area (Å²) < 4.78 is 1.69. The van der Waals surface area contributed by atoms with Gasteiger partial charge >= 0.3 is 5.97 Å². The van der Waals surface area contributed by atoms with Gasteiger partial charge in [0.1, 0.15) is 0 Å². The van der Waals surface area contributed by atoms with Gasteiger partial charge in [-0.3, -0.25) is 9.59 Å². The number of carboxylic acid groups (broad SMARTS) is 1. The molecule has 1 heterocycles. The second kappa shape index (κ2) is 7.58. The van der Waals surface area contributed by atoms with Crippen LogP contribution in [0.5, 0.6) is 0 Å². The fourth-order valence-electron chi connectivity index (χ4n) is 2.43. The molecule has 6 nitrogen and oxygen atoms in total. The fraction of sp³-hybridized carbons (Fsp3) is 0.353. The maximum atomic E-state index is 12.3. The number of benzene rings is 1. The molecule has 1 aromatic carbocycles. The van der Waals surface area contributed by atoms with E-state index in [2.05, 4.69) is 10.4 Å². The second-order valence-electron chi connectivity index (χ2n) is 5.42. The smallest absolute Gasteiger partial charge is 0.308 e. The van der Waals surface area contributed by atoms with Crippen molar-refractivity contribution in [2.24, 2.45) is 5.92 Å². The highest BCUT2D eigenvalue weighted by molar-refractivity contribution is 5.95. The standard InChI is InChI=1S/C17H21N3O3/c1-3-7-13(17(22)23)10-18-16(21)15-11-19-20(12(15)2)14-8-5-4-6-9-14/h4-6,8-9,11,13H,3,7,10H2,1-2H3,(H,18,21)(H,22,23). The van der Waals surface area contributed by atoms with Crippen LogP contribution in [0.15, 0.2) is 36.5 Å². The van der Waals surface area contributed by atoms with Crippen LogP contribution in [0.2, 0.25) is 0 Å². The molecule has 0 spiro atoms. The summed E-state index contributed by atoms with van der Waals surface area (Å²) in [5, 5.41) is 16.1. The van der Waals surface area contributed by atoms with E-state index in [1.165, 1.54) is 6.20 Å². The first-order valence-corrected chi connectivity index (χ1v) is 7.65. The van der Waals surface area contributed by atoms with Crippen LogP contribution < -0.4 is 5.32 Å². The van der Waals surface area contributed by atoms with E-state index in [4.69, 9.17) is 5.11 Å². The van der Waals surface area contributed by atoms with Crippen LogP contribution in [-0.4, -0.2) is 33.3 Å². The fourth-order valence-corrected chi connectivity index (χ4v) is 2.43. The van der Waals surface area contributed by atoms with Gasteiger partial charge in [-0.1, -0.05) is 31.5 Å². The van der Waals surface area contributed by atoms with E-state index in [-0.39, 0.29) is 12.5 Å². The van der Waals surface area contributed by atoms with Crippen LogP contribution >= 0.6 is 0 Å². The number of aromatic nitrogens is 2. The predicted octanol–water partition coefficient (Wildman–Crippen LogP) is 2.41. The molecule has 0 aliphatic rings. The summed E-state index contributed by atoms with van der Waals surface area (Å²) in [7, 11) is 0. The lowest BCUT2D eigenvalue weighted by atomic mass is 10.0. The van der Waals surface area contributed by atoms with Crippen LogP contribution in [0, 0.1) is 12.8 Å². The van der Waals surface area contributed by atoms with Crippen LogP contribution in [0.4, 0.5) is 0 Å². The molecule has 2 aromatic rings. The molecular weight excluding hydrogens is 294 g/mol. The molecule has 0 saturated heterocycles. The third-order valence-corrected chi connectivity index (χ3v) is 3.75. The summed E-state index contributed by atoms with van der Waals surface area (Å²) in [6, 6.07) is 9.53. The number of aliphatic carboxylic acids is 1. The van der Waals surface area contributed by atoms with Crippen molar-refractivity contribution < 1.29 is 14.7 Å². The van der Waals surface area contributed by atoms with Crippen molar-refractivity contribution in [2.75, 3.05) is 6.54 Å². The minimum atomic E-state index is -0.885. The lowest BCUT2D eigenvalue weighted by Crippen LogP contribution is -2.33. The van der Waals surface area contributed by atoms with E-state index in [9.17, 15) is 9.59 Å². The van der Waals surface area contributed by atoms with Gasteiger partial charge < -0.3 is 10.4 Å². The number of hydrogen-bond donors (Lipinski definition) is 2. The van der Waals surface area contributed by atoms with Crippen LogP contribution in [0.3, 0.4) is 0 Å². The third kappa shape index (κ3) is 3.97. The van der Waals surface area contributed by atoms with Crippen molar-refractivity contribution >= 4 is 11.9 Å². The number of nitrogens with one attached hydrogen (secondary N) is 1. The predicted molar refractivity (Wildman–Crippen MR) is 86.7 cm³/mol. The molecule has 0 bridgehead atoms. The van der Waals surface area contributed by atoms with Gasteiger partial charge in [0, 0.05) is 6.54 Å². The highest BCUT2D eigenvalue weighted by Crippen LogP contribution is 2.14. The molecule has 2 N–H and O–H groups in total. The number of para-hydroxylation sites is 1. The van der Waals surface area contributed by atoms with E-state index in [0.717, 1.165) is 17.8 Å². The van der Waals surface area contributed by atoms with Gasteiger partial charge in [-0.2, -0.15) is 5.10 Å². The molecule has 0 fully saturated rings. The Hall–Kier alpha value is -2.63. The SMILES string of the molecule is CCCC(CNC(=O)c1cnn(-c2ccccc2)c1C)C(=O)O. The van der Waals surface area contributed by atoms with E-state index >= 15 is 0 Å². The number of carboxylic acids is 1. The lowest BCUT2D eigenvalue weighted by Gasteiger charge is -2.12. The second-order valence-corrected chi connectivity index (χ2v) is 5.42. The summed E-state index contributed by atoms with van der Waals surface area (Å²) in [5.41, 5.74) is 2.05. The number of amides is 1. The molecule has 23 heavy (non-hydrogen) atoms. The molecule has 122 valence electrons. The highest BCUT2D eigenvalue weighted by Gasteiger charge is 2.20. The van der Waals surface area contributed by atoms with E-state index in [1.807, 2.05) is 44.2 Å². The Morgan fingerprint density at radius 3 is 2.61 bits per heavy atom. The van der Waals surface area contributed by atoms with Crippen molar-refractivity contribution in [1.29, 1.82) is 0 Å². The van der Waals surface area contributed by atoms with Crippen molar-refractivity contribution in [3.8, 4) is 5.69 Å². The summed E-state index contributed by atoms with van der Waals surface area (Å²) >= 11 is 0. The van der Waals surface area contributed by atoms with Gasteiger partial charge in [0.25, 0.3) is 5.91 Å². The Bertz CT molecular complexity index is 680. The van der Waals surface area contributed by atoms with Gasteiger partial charge in [-0.25, -0.2) is 4.68 Å². The zero-order chi connectivity index (χ0) is 16.8. The highest BCUT2D eigenvalue weighted by atomic mass is 16.4. The Kier molecular flexibility index (Phi) is 5.51. The Morgan fingerprint density at radius 1 is 1.30 bits per heavy atom. The molecular formula is C17H21N3O3. The Labute approximate surface area is 135 Å². The molecule has 1 aromatic heterocycles. The van der Waals surface area contributed by atoms with E-state index < -0.39 is 11.9 Å². The average molecular weight is 315 g/mol. The third-order valence-electron chi connectivity index (χ3n) is 3.75. The first-order valence-electron chi connectivity index (χ1n) is 7.65.